The predicted octanol–water partition coefficient (Wildman–Crippen LogP) is 5.08. The number of anilines is 1. The monoisotopic (exact) mass is 465 g/mol. The van der Waals surface area contributed by atoms with Crippen LogP contribution in [0.4, 0.5) is 10.2 Å². The second kappa shape index (κ2) is 9.08. The van der Waals surface area contributed by atoms with Gasteiger partial charge in [0.25, 0.3) is 0 Å². The molecule has 1 aromatic heterocycles. The van der Waals surface area contributed by atoms with Gasteiger partial charge in [-0.2, -0.15) is 0 Å². The van der Waals surface area contributed by atoms with Crippen molar-refractivity contribution in [3.05, 3.63) is 47.3 Å². The van der Waals surface area contributed by atoms with E-state index in [9.17, 15) is 14.0 Å². The summed E-state index contributed by atoms with van der Waals surface area (Å²) in [7, 11) is 1.51. The lowest BCUT2D eigenvalue weighted by molar-refractivity contribution is -0.129. The molecule has 1 amide bonds. The third-order valence-electron chi connectivity index (χ3n) is 8.66. The molecule has 0 radical (unpaired) electrons. The number of ether oxygens (including phenoxy) is 1. The van der Waals surface area contributed by atoms with E-state index >= 15 is 0 Å². The van der Waals surface area contributed by atoms with Gasteiger partial charge >= 0.3 is 0 Å². The zero-order chi connectivity index (χ0) is 23.9. The molecule has 34 heavy (non-hydrogen) atoms. The fourth-order valence-corrected chi connectivity index (χ4v) is 7.12. The van der Waals surface area contributed by atoms with Crippen molar-refractivity contribution in [1.29, 1.82) is 0 Å². The Hall–Kier alpha value is -2.83. The molecule has 7 heteroatoms. The Morgan fingerprint density at radius 2 is 2.09 bits per heavy atom. The van der Waals surface area contributed by atoms with Gasteiger partial charge in [-0.3, -0.25) is 9.59 Å². The number of methoxy groups -OCH3 is 1. The highest BCUT2D eigenvalue weighted by Crippen LogP contribution is 2.62. The first-order valence-corrected chi connectivity index (χ1v) is 12.4. The van der Waals surface area contributed by atoms with Crippen LogP contribution in [-0.4, -0.2) is 29.0 Å². The van der Waals surface area contributed by atoms with Crippen molar-refractivity contribution in [1.82, 2.24) is 10.2 Å². The molecule has 1 N–H and O–H groups in total. The van der Waals surface area contributed by atoms with Crippen LogP contribution >= 0.6 is 0 Å². The average Bonchev–Trinajstić information content (AvgIpc) is 3.09. The Bertz CT molecular complexity index is 1090. The van der Waals surface area contributed by atoms with Crippen LogP contribution in [-0.2, 0) is 16.0 Å². The molecule has 2 fully saturated rings. The number of hydrogen-bond donors (Lipinski definition) is 1. The van der Waals surface area contributed by atoms with E-state index in [0.717, 1.165) is 49.7 Å². The summed E-state index contributed by atoms with van der Waals surface area (Å²) in [5.74, 6) is 2.33. The lowest BCUT2D eigenvalue weighted by Crippen LogP contribution is -2.44. The summed E-state index contributed by atoms with van der Waals surface area (Å²) in [5, 5.41) is 10.6. The molecule has 5 rings (SSSR count). The Morgan fingerprint density at radius 3 is 2.85 bits per heavy atom. The summed E-state index contributed by atoms with van der Waals surface area (Å²) in [5.41, 5.74) is 1.76. The fourth-order valence-electron chi connectivity index (χ4n) is 7.12. The van der Waals surface area contributed by atoms with Crippen LogP contribution in [0.1, 0.15) is 68.9 Å². The van der Waals surface area contributed by atoms with Crippen LogP contribution in [0.2, 0.25) is 0 Å². The van der Waals surface area contributed by atoms with Gasteiger partial charge in [-0.1, -0.05) is 19.1 Å². The van der Waals surface area contributed by atoms with Crippen LogP contribution in [0.15, 0.2) is 30.3 Å². The molecule has 6 nitrogen and oxygen atoms in total. The van der Waals surface area contributed by atoms with E-state index in [-0.39, 0.29) is 23.1 Å². The van der Waals surface area contributed by atoms with Crippen molar-refractivity contribution in [2.24, 2.45) is 23.2 Å². The third kappa shape index (κ3) is 3.99. The number of ketones is 1. The molecule has 0 saturated heterocycles. The van der Waals surface area contributed by atoms with Gasteiger partial charge in [0, 0.05) is 24.3 Å². The van der Waals surface area contributed by atoms with Gasteiger partial charge in [0.1, 0.15) is 11.6 Å². The molecule has 180 valence electrons. The van der Waals surface area contributed by atoms with Gasteiger partial charge in [-0.25, -0.2) is 4.39 Å². The number of hydrogen-bond acceptors (Lipinski definition) is 5. The molecule has 3 aliphatic carbocycles. The van der Waals surface area contributed by atoms with E-state index in [1.54, 1.807) is 18.2 Å². The SMILES string of the molecule is COc1ccc(NC(=O)CCC[C@@H]2CC(=O)[C@@]3(C)CCC4c5cccc(F)c5CCC4C23)nn1. The van der Waals surface area contributed by atoms with Gasteiger partial charge in [-0.15, -0.1) is 10.2 Å². The van der Waals surface area contributed by atoms with E-state index in [4.69, 9.17) is 4.74 Å². The predicted molar refractivity (Wildman–Crippen MR) is 126 cm³/mol. The second-order valence-corrected chi connectivity index (χ2v) is 10.4. The average molecular weight is 466 g/mol. The maximum atomic E-state index is 14.4. The number of benzene rings is 1. The molecule has 1 heterocycles. The summed E-state index contributed by atoms with van der Waals surface area (Å²) in [6.45, 7) is 2.16. The number of halogens is 1. The Kier molecular flexibility index (Phi) is 6.13. The van der Waals surface area contributed by atoms with Crippen molar-refractivity contribution < 1.29 is 18.7 Å². The standard InChI is InChI=1S/C27H32FN3O3/c1-27-14-13-18-17-6-4-7-21(28)19(17)9-10-20(18)26(27)16(15-22(27)32)5-3-8-24(33)29-23-11-12-25(34-2)31-30-23/h4,6-7,11-12,16,18,20,26H,3,5,8-10,13-15H2,1-2H3,(H,29,30,33)/t16-,18?,20?,26?,27-/m1/s1. The minimum atomic E-state index is -0.280. The van der Waals surface area contributed by atoms with Crippen molar-refractivity contribution >= 4 is 17.5 Å². The molecule has 2 saturated carbocycles. The number of carbonyl (C=O) groups excluding carboxylic acids is 2. The maximum Gasteiger partial charge on any atom is 0.233 e. The van der Waals surface area contributed by atoms with Crippen LogP contribution in [0, 0.1) is 29.0 Å². The van der Waals surface area contributed by atoms with Crippen LogP contribution in [0.3, 0.4) is 0 Å². The summed E-state index contributed by atoms with van der Waals surface area (Å²) >= 11 is 0. The maximum absolute atomic E-state index is 14.4. The normalized spacial score (nSPS) is 29.7. The number of carbonyl (C=O) groups is 2. The smallest absolute Gasteiger partial charge is 0.233 e. The molecule has 2 aromatic rings. The van der Waals surface area contributed by atoms with Gasteiger partial charge < -0.3 is 10.1 Å². The Labute approximate surface area is 199 Å². The molecule has 0 bridgehead atoms. The summed E-state index contributed by atoms with van der Waals surface area (Å²) in [4.78, 5) is 25.6. The van der Waals surface area contributed by atoms with E-state index in [2.05, 4.69) is 28.5 Å². The van der Waals surface area contributed by atoms with Crippen LogP contribution in [0.25, 0.3) is 0 Å². The van der Waals surface area contributed by atoms with Crippen molar-refractivity contribution in [2.75, 3.05) is 12.4 Å². The number of nitrogens with one attached hydrogen (secondary N) is 1. The first kappa shape index (κ1) is 22.9. The van der Waals surface area contributed by atoms with Gasteiger partial charge in [0.2, 0.25) is 11.8 Å². The van der Waals surface area contributed by atoms with Crippen LogP contribution in [0.5, 0.6) is 5.88 Å². The first-order chi connectivity index (χ1) is 16.4. The first-order valence-electron chi connectivity index (χ1n) is 12.4. The minimum Gasteiger partial charge on any atom is -0.480 e. The minimum absolute atomic E-state index is 0.0871. The zero-order valence-electron chi connectivity index (χ0n) is 19.9. The number of rotatable bonds is 6. The molecule has 1 aromatic carbocycles. The highest BCUT2D eigenvalue weighted by molar-refractivity contribution is 5.89. The zero-order valence-corrected chi connectivity index (χ0v) is 19.9. The van der Waals surface area contributed by atoms with E-state index in [1.165, 1.54) is 7.11 Å². The Balaban J connectivity index is 1.25. The molecule has 5 atom stereocenters. The number of fused-ring (bicyclic) bond motifs is 5. The second-order valence-electron chi connectivity index (χ2n) is 10.4. The fraction of sp³-hybridized carbons (Fsp3) is 0.556. The van der Waals surface area contributed by atoms with Crippen molar-refractivity contribution in [3.8, 4) is 5.88 Å². The number of nitrogens with zero attached hydrogens (tertiary/aromatic N) is 2. The number of aromatic nitrogens is 2. The molecular formula is C27H32FN3O3. The highest BCUT2D eigenvalue weighted by Gasteiger charge is 2.58. The number of amides is 1. The topological polar surface area (TPSA) is 81.2 Å². The van der Waals surface area contributed by atoms with Gasteiger partial charge in [0.05, 0.1) is 7.11 Å². The number of Topliss-reactive ketones (excluding diaryl/α,β-unsaturated/α-hetero) is 1. The van der Waals surface area contributed by atoms with Crippen molar-refractivity contribution in [2.45, 2.75) is 64.2 Å². The third-order valence-corrected chi connectivity index (χ3v) is 8.66. The lowest BCUT2D eigenvalue weighted by Gasteiger charge is -2.50. The van der Waals surface area contributed by atoms with Crippen molar-refractivity contribution in [3.63, 3.8) is 0 Å². The molecule has 0 spiro atoms. The molecule has 3 unspecified atom stereocenters. The summed E-state index contributed by atoms with van der Waals surface area (Å²) in [6.07, 6.45) is 6.09. The highest BCUT2D eigenvalue weighted by atomic mass is 19.1. The quantitative estimate of drug-likeness (QED) is 0.643. The lowest BCUT2D eigenvalue weighted by atomic mass is 9.54. The largest absolute Gasteiger partial charge is 0.480 e. The molecule has 0 aliphatic heterocycles. The van der Waals surface area contributed by atoms with Crippen LogP contribution < -0.4 is 10.1 Å². The van der Waals surface area contributed by atoms with E-state index in [1.807, 2.05) is 6.07 Å². The van der Waals surface area contributed by atoms with Gasteiger partial charge in [-0.05, 0) is 85.5 Å². The van der Waals surface area contributed by atoms with E-state index in [0.29, 0.717) is 48.1 Å². The molecule has 3 aliphatic rings. The summed E-state index contributed by atoms with van der Waals surface area (Å²) in [6, 6.07) is 8.80. The van der Waals surface area contributed by atoms with Gasteiger partial charge in [0.15, 0.2) is 5.82 Å². The summed E-state index contributed by atoms with van der Waals surface area (Å²) < 4.78 is 19.4. The molecular weight excluding hydrogens is 433 g/mol. The van der Waals surface area contributed by atoms with E-state index < -0.39 is 0 Å². The Morgan fingerprint density at radius 1 is 1.24 bits per heavy atom.